The molecule has 0 saturated carbocycles. The lowest BCUT2D eigenvalue weighted by Gasteiger charge is -2.08. The first-order chi connectivity index (χ1) is 6.86. The van der Waals surface area contributed by atoms with Crippen molar-refractivity contribution in [2.24, 2.45) is 0 Å². The van der Waals surface area contributed by atoms with Crippen LogP contribution in [-0.4, -0.2) is 38.8 Å². The molecule has 0 radical (unpaired) electrons. The molecule has 1 aliphatic rings. The summed E-state index contributed by atoms with van der Waals surface area (Å²) in [5.74, 6) is 2.37. The van der Waals surface area contributed by atoms with Gasteiger partial charge in [0.15, 0.2) is 0 Å². The number of carbonyl (C=O) groups is 1. The fraction of sp³-hybridized carbons (Fsp3) is 0.571. The van der Waals surface area contributed by atoms with E-state index in [2.05, 4.69) is 25.8 Å². The zero-order chi connectivity index (χ0) is 9.80. The van der Waals surface area contributed by atoms with Crippen LogP contribution >= 0.6 is 11.8 Å². The van der Waals surface area contributed by atoms with Gasteiger partial charge in [0.1, 0.15) is 12.2 Å². The fourth-order valence-corrected chi connectivity index (χ4v) is 2.12. The van der Waals surface area contributed by atoms with Crippen LogP contribution < -0.4 is 10.6 Å². The van der Waals surface area contributed by atoms with E-state index in [4.69, 9.17) is 0 Å². The van der Waals surface area contributed by atoms with Gasteiger partial charge in [0.2, 0.25) is 5.91 Å². The maximum absolute atomic E-state index is 11.5. The molecule has 3 N–H and O–H groups in total. The van der Waals surface area contributed by atoms with E-state index in [1.54, 1.807) is 11.8 Å². The zero-order valence-electron chi connectivity index (χ0n) is 7.49. The molecule has 1 aliphatic heterocycles. The van der Waals surface area contributed by atoms with Crippen molar-refractivity contribution in [3.05, 3.63) is 12.2 Å². The van der Waals surface area contributed by atoms with E-state index in [0.29, 0.717) is 12.4 Å². The van der Waals surface area contributed by atoms with Crippen molar-refractivity contribution in [3.63, 3.8) is 0 Å². The number of hydrogen-bond acceptors (Lipinski definition) is 5. The molecular weight excluding hydrogens is 202 g/mol. The van der Waals surface area contributed by atoms with E-state index in [1.807, 2.05) is 0 Å². The summed E-state index contributed by atoms with van der Waals surface area (Å²) in [6.45, 7) is 0.404. The van der Waals surface area contributed by atoms with E-state index >= 15 is 0 Å². The third kappa shape index (κ3) is 2.24. The largest absolute Gasteiger partial charge is 0.347 e. The topological polar surface area (TPSA) is 82.7 Å². The second-order valence-corrected chi connectivity index (χ2v) is 3.95. The monoisotopic (exact) mass is 213 g/mol. The van der Waals surface area contributed by atoms with Gasteiger partial charge in [0.25, 0.3) is 0 Å². The number of thioether (sulfide) groups is 1. The maximum atomic E-state index is 11.5. The highest BCUT2D eigenvalue weighted by molar-refractivity contribution is 7.99. The summed E-state index contributed by atoms with van der Waals surface area (Å²) in [5, 5.41) is 12.2. The first-order valence-electron chi connectivity index (χ1n) is 4.29. The highest BCUT2D eigenvalue weighted by Gasteiger charge is 2.21. The number of hydrogen-bond donors (Lipinski definition) is 3. The molecule has 0 spiro atoms. The van der Waals surface area contributed by atoms with Crippen molar-refractivity contribution >= 4 is 17.7 Å². The third-order valence-electron chi connectivity index (χ3n) is 1.93. The van der Waals surface area contributed by atoms with Crippen LogP contribution in [0.3, 0.4) is 0 Å². The molecule has 2 rings (SSSR count). The van der Waals surface area contributed by atoms with Gasteiger partial charge < -0.3 is 5.32 Å². The Labute approximate surface area is 85.3 Å². The van der Waals surface area contributed by atoms with Crippen LogP contribution in [-0.2, 0) is 11.3 Å². The molecule has 0 bridgehead atoms. The number of nitrogens with one attached hydrogen (secondary N) is 3. The summed E-state index contributed by atoms with van der Waals surface area (Å²) >= 11 is 1.73. The number of aromatic nitrogens is 3. The Kier molecular flexibility index (Phi) is 3.00. The average molecular weight is 213 g/mol. The van der Waals surface area contributed by atoms with Gasteiger partial charge in [-0.3, -0.25) is 15.2 Å². The van der Waals surface area contributed by atoms with E-state index in [0.717, 1.165) is 11.6 Å². The summed E-state index contributed by atoms with van der Waals surface area (Å²) in [5.41, 5.74) is 0. The fourth-order valence-electron chi connectivity index (χ4n) is 1.17. The minimum atomic E-state index is -0.0667. The molecule has 0 aromatic carbocycles. The van der Waals surface area contributed by atoms with Crippen LogP contribution in [0.4, 0.5) is 0 Å². The standard InChI is InChI=1S/C7H11N5OS/c13-7(5-2-14-4-10-5)8-1-6-9-3-11-12-6/h3,5,10H,1-2,4H2,(H,8,13)(H,9,11,12). The van der Waals surface area contributed by atoms with Gasteiger partial charge >= 0.3 is 0 Å². The minimum absolute atomic E-state index is 0.0198. The lowest BCUT2D eigenvalue weighted by atomic mass is 10.3. The molecule has 1 saturated heterocycles. The van der Waals surface area contributed by atoms with E-state index in [9.17, 15) is 4.79 Å². The van der Waals surface area contributed by atoms with Gasteiger partial charge in [0.05, 0.1) is 12.6 Å². The van der Waals surface area contributed by atoms with Crippen molar-refractivity contribution in [1.82, 2.24) is 25.8 Å². The summed E-state index contributed by atoms with van der Waals surface area (Å²) < 4.78 is 0. The Hall–Kier alpha value is -1.08. The predicted octanol–water partition coefficient (Wildman–Crippen LogP) is -0.917. The van der Waals surface area contributed by atoms with E-state index < -0.39 is 0 Å². The molecule has 1 atom stereocenters. The SMILES string of the molecule is O=C(NCc1ncn[nH]1)C1CSCN1. The predicted molar refractivity (Wildman–Crippen MR) is 52.5 cm³/mol. The lowest BCUT2D eigenvalue weighted by molar-refractivity contribution is -0.122. The van der Waals surface area contributed by atoms with Crippen LogP contribution in [0.25, 0.3) is 0 Å². The molecule has 1 fully saturated rings. The van der Waals surface area contributed by atoms with Gasteiger partial charge in [-0.2, -0.15) is 5.10 Å². The normalized spacial score (nSPS) is 21.0. The quantitative estimate of drug-likeness (QED) is 0.605. The molecule has 1 amide bonds. The summed E-state index contributed by atoms with van der Waals surface area (Å²) in [4.78, 5) is 15.4. The third-order valence-corrected chi connectivity index (χ3v) is 2.87. The first kappa shape index (κ1) is 9.47. The molecule has 0 aliphatic carbocycles. The van der Waals surface area contributed by atoms with Crippen molar-refractivity contribution in [2.45, 2.75) is 12.6 Å². The van der Waals surface area contributed by atoms with Gasteiger partial charge in [0, 0.05) is 11.6 Å². The first-order valence-corrected chi connectivity index (χ1v) is 5.45. The molecule has 7 heteroatoms. The Morgan fingerprint density at radius 1 is 1.79 bits per heavy atom. The van der Waals surface area contributed by atoms with Crippen molar-refractivity contribution < 1.29 is 4.79 Å². The Balaban J connectivity index is 1.77. The Bertz CT molecular complexity index is 295. The molecule has 76 valence electrons. The smallest absolute Gasteiger partial charge is 0.238 e. The molecule has 1 aromatic heterocycles. The second-order valence-electron chi connectivity index (χ2n) is 2.92. The summed E-state index contributed by atoms with van der Waals surface area (Å²) in [6, 6.07) is -0.0667. The molecule has 2 heterocycles. The Morgan fingerprint density at radius 3 is 3.36 bits per heavy atom. The van der Waals surface area contributed by atoms with Gasteiger partial charge in [-0.25, -0.2) is 4.98 Å². The van der Waals surface area contributed by atoms with Gasteiger partial charge in [-0.1, -0.05) is 0 Å². The number of H-pyrrole nitrogens is 1. The van der Waals surface area contributed by atoms with Crippen LogP contribution in [0.2, 0.25) is 0 Å². The summed E-state index contributed by atoms with van der Waals surface area (Å²) in [6.07, 6.45) is 1.42. The van der Waals surface area contributed by atoms with E-state index in [1.165, 1.54) is 6.33 Å². The number of aromatic amines is 1. The number of amides is 1. The lowest BCUT2D eigenvalue weighted by Crippen LogP contribution is -2.41. The second kappa shape index (κ2) is 4.43. The highest BCUT2D eigenvalue weighted by atomic mass is 32.2. The van der Waals surface area contributed by atoms with Crippen molar-refractivity contribution in [3.8, 4) is 0 Å². The van der Waals surface area contributed by atoms with Crippen LogP contribution in [0.1, 0.15) is 5.82 Å². The zero-order valence-corrected chi connectivity index (χ0v) is 8.30. The minimum Gasteiger partial charge on any atom is -0.347 e. The molecular formula is C7H11N5OS. The number of nitrogens with zero attached hydrogens (tertiary/aromatic N) is 2. The molecule has 1 unspecified atom stereocenters. The van der Waals surface area contributed by atoms with Gasteiger partial charge in [-0.15, -0.1) is 11.8 Å². The van der Waals surface area contributed by atoms with Crippen molar-refractivity contribution in [1.29, 1.82) is 0 Å². The van der Waals surface area contributed by atoms with Crippen molar-refractivity contribution in [2.75, 3.05) is 11.6 Å². The average Bonchev–Trinajstić information content (AvgIpc) is 2.87. The van der Waals surface area contributed by atoms with Crippen LogP contribution in [0, 0.1) is 0 Å². The molecule has 1 aromatic rings. The number of rotatable bonds is 3. The van der Waals surface area contributed by atoms with E-state index in [-0.39, 0.29) is 11.9 Å². The summed E-state index contributed by atoms with van der Waals surface area (Å²) in [7, 11) is 0. The Morgan fingerprint density at radius 2 is 2.71 bits per heavy atom. The molecule has 6 nitrogen and oxygen atoms in total. The van der Waals surface area contributed by atoms with Gasteiger partial charge in [-0.05, 0) is 0 Å². The maximum Gasteiger partial charge on any atom is 0.238 e. The van der Waals surface area contributed by atoms with Crippen LogP contribution in [0.15, 0.2) is 6.33 Å². The molecule has 14 heavy (non-hydrogen) atoms. The highest BCUT2D eigenvalue weighted by Crippen LogP contribution is 2.09. The number of carbonyl (C=O) groups excluding carboxylic acids is 1. The van der Waals surface area contributed by atoms with Crippen LogP contribution in [0.5, 0.6) is 0 Å².